The lowest BCUT2D eigenvalue weighted by Crippen LogP contribution is -2.40. The zero-order valence-electron chi connectivity index (χ0n) is 12.6. The van der Waals surface area contributed by atoms with Crippen molar-refractivity contribution >= 4 is 10.0 Å². The van der Waals surface area contributed by atoms with Gasteiger partial charge in [-0.2, -0.15) is 0 Å². The predicted molar refractivity (Wildman–Crippen MR) is 82.6 cm³/mol. The number of nitrogens with one attached hydrogen (secondary N) is 2. The third-order valence-corrected chi connectivity index (χ3v) is 5.34. The van der Waals surface area contributed by atoms with Crippen molar-refractivity contribution in [3.63, 3.8) is 0 Å². The normalized spacial score (nSPS) is 22.6. The average molecular weight is 312 g/mol. The van der Waals surface area contributed by atoms with Crippen LogP contribution in [0.3, 0.4) is 0 Å². The second-order valence-corrected chi connectivity index (χ2v) is 7.07. The molecule has 2 N–H and O–H groups in total. The van der Waals surface area contributed by atoms with Crippen molar-refractivity contribution in [1.29, 1.82) is 0 Å². The summed E-state index contributed by atoms with van der Waals surface area (Å²) in [6.07, 6.45) is 2.70. The summed E-state index contributed by atoms with van der Waals surface area (Å²) in [6, 6.07) is 6.94. The van der Waals surface area contributed by atoms with E-state index in [0.717, 1.165) is 31.4 Å². The molecular formula is C15H24N2O3S. The van der Waals surface area contributed by atoms with Crippen molar-refractivity contribution in [3.8, 4) is 0 Å². The van der Waals surface area contributed by atoms with Gasteiger partial charge in [0.25, 0.3) is 0 Å². The molecule has 1 aliphatic carbocycles. The number of hydrogen-bond acceptors (Lipinski definition) is 4. The summed E-state index contributed by atoms with van der Waals surface area (Å²) in [5.41, 5.74) is 0.967. The highest BCUT2D eigenvalue weighted by Gasteiger charge is 2.31. The van der Waals surface area contributed by atoms with E-state index < -0.39 is 10.0 Å². The highest BCUT2D eigenvalue weighted by atomic mass is 32.2. The van der Waals surface area contributed by atoms with E-state index in [1.807, 2.05) is 13.0 Å². The van der Waals surface area contributed by atoms with Crippen LogP contribution in [0.4, 0.5) is 0 Å². The summed E-state index contributed by atoms with van der Waals surface area (Å²) in [5.74, 6) is 0. The van der Waals surface area contributed by atoms with Crippen molar-refractivity contribution in [2.75, 3.05) is 13.7 Å². The molecule has 2 rings (SSSR count). The van der Waals surface area contributed by atoms with Gasteiger partial charge >= 0.3 is 0 Å². The Morgan fingerprint density at radius 1 is 1.33 bits per heavy atom. The standard InChI is InChI=1S/C15H24N2O3S/c1-3-16-11-12-6-4-7-13(10-12)21(18,19)17-14-8-5-9-15(14)20-2/h4,6-7,10,14-17H,3,5,8-9,11H2,1-2H3. The maximum atomic E-state index is 12.5. The second kappa shape index (κ2) is 7.35. The fourth-order valence-corrected chi connectivity index (χ4v) is 4.07. The molecule has 0 saturated heterocycles. The molecule has 21 heavy (non-hydrogen) atoms. The fraction of sp³-hybridized carbons (Fsp3) is 0.600. The number of hydrogen-bond donors (Lipinski definition) is 2. The third kappa shape index (κ3) is 4.26. The Morgan fingerprint density at radius 2 is 2.14 bits per heavy atom. The summed E-state index contributed by atoms with van der Waals surface area (Å²) >= 11 is 0. The van der Waals surface area contributed by atoms with Gasteiger partial charge in [-0.25, -0.2) is 13.1 Å². The summed E-state index contributed by atoms with van der Waals surface area (Å²) < 4.78 is 33.1. The van der Waals surface area contributed by atoms with E-state index in [4.69, 9.17) is 4.74 Å². The second-order valence-electron chi connectivity index (χ2n) is 5.36. The molecule has 6 heteroatoms. The van der Waals surface area contributed by atoms with Gasteiger partial charge in [-0.05, 0) is 43.5 Å². The van der Waals surface area contributed by atoms with Crippen LogP contribution in [0.2, 0.25) is 0 Å². The first-order chi connectivity index (χ1) is 10.1. The van der Waals surface area contributed by atoms with E-state index in [9.17, 15) is 8.42 Å². The zero-order valence-corrected chi connectivity index (χ0v) is 13.4. The number of sulfonamides is 1. The van der Waals surface area contributed by atoms with Crippen LogP contribution in [0.5, 0.6) is 0 Å². The Balaban J connectivity index is 2.11. The lowest BCUT2D eigenvalue weighted by molar-refractivity contribution is 0.0916. The van der Waals surface area contributed by atoms with Gasteiger partial charge < -0.3 is 10.1 Å². The SMILES string of the molecule is CCNCc1cccc(S(=O)(=O)NC2CCCC2OC)c1. The van der Waals surface area contributed by atoms with Crippen molar-refractivity contribution in [2.45, 2.75) is 49.8 Å². The summed E-state index contributed by atoms with van der Waals surface area (Å²) in [5, 5.41) is 3.20. The van der Waals surface area contributed by atoms with E-state index >= 15 is 0 Å². The molecule has 1 fully saturated rings. The Bertz CT molecular complexity index is 560. The van der Waals surface area contributed by atoms with Gasteiger partial charge in [0, 0.05) is 19.7 Å². The van der Waals surface area contributed by atoms with E-state index in [0.29, 0.717) is 11.4 Å². The van der Waals surface area contributed by atoms with Crippen LogP contribution >= 0.6 is 0 Å². The van der Waals surface area contributed by atoms with Crippen LogP contribution < -0.4 is 10.0 Å². The van der Waals surface area contributed by atoms with Gasteiger partial charge in [0.05, 0.1) is 11.0 Å². The smallest absolute Gasteiger partial charge is 0.240 e. The van der Waals surface area contributed by atoms with Crippen molar-refractivity contribution < 1.29 is 13.2 Å². The van der Waals surface area contributed by atoms with E-state index in [2.05, 4.69) is 10.0 Å². The zero-order chi connectivity index (χ0) is 15.3. The Labute approximate surface area is 127 Å². The molecule has 1 aliphatic rings. The molecule has 0 aliphatic heterocycles. The lowest BCUT2D eigenvalue weighted by atomic mass is 10.2. The van der Waals surface area contributed by atoms with Crippen LogP contribution in [0, 0.1) is 0 Å². The molecule has 5 nitrogen and oxygen atoms in total. The minimum Gasteiger partial charge on any atom is -0.380 e. The monoisotopic (exact) mass is 312 g/mol. The molecular weight excluding hydrogens is 288 g/mol. The molecule has 0 amide bonds. The predicted octanol–water partition coefficient (Wildman–Crippen LogP) is 1.64. The molecule has 2 unspecified atom stereocenters. The van der Waals surface area contributed by atoms with Crippen molar-refractivity contribution in [1.82, 2.24) is 10.0 Å². The average Bonchev–Trinajstić information content (AvgIpc) is 2.92. The summed E-state index contributed by atoms with van der Waals surface area (Å²) in [6.45, 7) is 3.55. The Hall–Kier alpha value is -0.950. The first kappa shape index (κ1) is 16.4. The molecule has 0 bridgehead atoms. The van der Waals surface area contributed by atoms with Crippen LogP contribution in [-0.4, -0.2) is 34.2 Å². The maximum Gasteiger partial charge on any atom is 0.240 e. The molecule has 118 valence electrons. The van der Waals surface area contributed by atoms with E-state index in [1.54, 1.807) is 25.3 Å². The summed E-state index contributed by atoms with van der Waals surface area (Å²) in [7, 11) is -1.86. The maximum absolute atomic E-state index is 12.5. The van der Waals surface area contributed by atoms with Gasteiger partial charge in [0.2, 0.25) is 10.0 Å². The van der Waals surface area contributed by atoms with E-state index in [-0.39, 0.29) is 12.1 Å². The number of methoxy groups -OCH3 is 1. The summed E-state index contributed by atoms with van der Waals surface area (Å²) in [4.78, 5) is 0.319. The minimum atomic E-state index is -3.49. The molecule has 1 aromatic rings. The van der Waals surface area contributed by atoms with Crippen molar-refractivity contribution in [2.24, 2.45) is 0 Å². The van der Waals surface area contributed by atoms with Gasteiger partial charge in [-0.15, -0.1) is 0 Å². The lowest BCUT2D eigenvalue weighted by Gasteiger charge is -2.19. The highest BCUT2D eigenvalue weighted by Crippen LogP contribution is 2.23. The highest BCUT2D eigenvalue weighted by molar-refractivity contribution is 7.89. The quantitative estimate of drug-likeness (QED) is 0.803. The molecule has 1 aromatic carbocycles. The number of ether oxygens (including phenoxy) is 1. The van der Waals surface area contributed by atoms with Crippen LogP contribution in [-0.2, 0) is 21.3 Å². The largest absolute Gasteiger partial charge is 0.380 e. The van der Waals surface area contributed by atoms with E-state index in [1.165, 1.54) is 0 Å². The molecule has 2 atom stereocenters. The van der Waals surface area contributed by atoms with Crippen LogP contribution in [0.15, 0.2) is 29.2 Å². The van der Waals surface area contributed by atoms with Crippen molar-refractivity contribution in [3.05, 3.63) is 29.8 Å². The molecule has 0 radical (unpaired) electrons. The molecule has 0 heterocycles. The minimum absolute atomic E-state index is 0.0234. The Morgan fingerprint density at radius 3 is 2.86 bits per heavy atom. The number of rotatable bonds is 7. The van der Waals surface area contributed by atoms with Gasteiger partial charge in [-0.1, -0.05) is 19.1 Å². The first-order valence-electron chi connectivity index (χ1n) is 7.41. The van der Waals surface area contributed by atoms with Gasteiger partial charge in [0.15, 0.2) is 0 Å². The third-order valence-electron chi connectivity index (χ3n) is 3.85. The first-order valence-corrected chi connectivity index (χ1v) is 8.90. The van der Waals surface area contributed by atoms with Gasteiger partial charge in [-0.3, -0.25) is 0 Å². The molecule has 0 aromatic heterocycles. The topological polar surface area (TPSA) is 67.4 Å². The van der Waals surface area contributed by atoms with Gasteiger partial charge in [0.1, 0.15) is 0 Å². The number of benzene rings is 1. The molecule has 0 spiro atoms. The molecule has 1 saturated carbocycles. The Kier molecular flexibility index (Phi) is 5.75. The van der Waals surface area contributed by atoms with Crippen LogP contribution in [0.1, 0.15) is 31.7 Å². The van der Waals surface area contributed by atoms with Crippen LogP contribution in [0.25, 0.3) is 0 Å². The fourth-order valence-electron chi connectivity index (χ4n) is 2.70.